The van der Waals surface area contributed by atoms with Crippen molar-refractivity contribution in [1.82, 2.24) is 9.88 Å². The van der Waals surface area contributed by atoms with Gasteiger partial charge in [0.25, 0.3) is 0 Å². The molecule has 1 amide bonds. The summed E-state index contributed by atoms with van der Waals surface area (Å²) in [6.45, 7) is 2.43. The topological polar surface area (TPSA) is 51.1 Å². The fourth-order valence-corrected chi connectivity index (χ4v) is 2.00. The third kappa shape index (κ3) is 3.57. The van der Waals surface area contributed by atoms with Gasteiger partial charge in [-0.05, 0) is 23.6 Å². The molecular weight excluding hydrogens is 252 g/mol. The Labute approximate surface area is 118 Å². The summed E-state index contributed by atoms with van der Waals surface area (Å²) in [6, 6.07) is 11.1. The van der Waals surface area contributed by atoms with Crippen molar-refractivity contribution in [1.29, 1.82) is 0 Å². The Morgan fingerprint density at radius 3 is 2.65 bits per heavy atom. The average molecular weight is 270 g/mol. The highest BCUT2D eigenvalue weighted by Gasteiger charge is 2.05. The number of carbonyl (C=O) groups is 1. The smallest absolute Gasteiger partial charge is 0.250 e. The van der Waals surface area contributed by atoms with Crippen molar-refractivity contribution in [2.24, 2.45) is 7.05 Å². The molecule has 0 spiro atoms. The van der Waals surface area contributed by atoms with Gasteiger partial charge in [0.2, 0.25) is 11.5 Å². The van der Waals surface area contributed by atoms with Crippen LogP contribution in [0.5, 0.6) is 0 Å². The first-order chi connectivity index (χ1) is 9.56. The molecule has 1 aromatic heterocycles. The lowest BCUT2D eigenvalue weighted by atomic mass is 10.1. The van der Waals surface area contributed by atoms with E-state index in [4.69, 9.17) is 0 Å². The molecular formula is C16H18N2O2. The largest absolute Gasteiger partial charge is 0.352 e. The Kier molecular flexibility index (Phi) is 4.35. The molecule has 2 aromatic rings. The molecule has 1 heterocycles. The summed E-state index contributed by atoms with van der Waals surface area (Å²) in [7, 11) is 1.70. The molecule has 0 unspecified atom stereocenters. The number of amides is 1. The molecule has 0 bridgehead atoms. The molecule has 0 aliphatic heterocycles. The third-order valence-corrected chi connectivity index (χ3v) is 3.25. The lowest BCUT2D eigenvalue weighted by Crippen LogP contribution is -2.26. The minimum Gasteiger partial charge on any atom is -0.352 e. The first-order valence-corrected chi connectivity index (χ1v) is 6.53. The van der Waals surface area contributed by atoms with Crippen LogP contribution >= 0.6 is 0 Å². The zero-order valence-electron chi connectivity index (χ0n) is 11.7. The SMILES string of the molecule is Cc1ccccc1CC(=O)NCc1ccc(=O)n(C)c1. The van der Waals surface area contributed by atoms with E-state index in [0.717, 1.165) is 16.7 Å². The van der Waals surface area contributed by atoms with Crippen molar-refractivity contribution >= 4 is 5.91 Å². The summed E-state index contributed by atoms with van der Waals surface area (Å²) in [5.41, 5.74) is 3.00. The van der Waals surface area contributed by atoms with Crippen LogP contribution in [0.2, 0.25) is 0 Å². The number of hydrogen-bond donors (Lipinski definition) is 1. The first kappa shape index (κ1) is 14.1. The molecule has 0 radical (unpaired) electrons. The number of aryl methyl sites for hydroxylation is 2. The molecule has 0 atom stereocenters. The fraction of sp³-hybridized carbons (Fsp3) is 0.250. The monoisotopic (exact) mass is 270 g/mol. The minimum absolute atomic E-state index is 0.0202. The van der Waals surface area contributed by atoms with Crippen LogP contribution in [0.1, 0.15) is 16.7 Å². The molecule has 20 heavy (non-hydrogen) atoms. The summed E-state index contributed by atoms with van der Waals surface area (Å²) in [4.78, 5) is 23.2. The lowest BCUT2D eigenvalue weighted by molar-refractivity contribution is -0.120. The highest BCUT2D eigenvalue weighted by molar-refractivity contribution is 5.78. The van der Waals surface area contributed by atoms with Gasteiger partial charge in [0.15, 0.2) is 0 Å². The van der Waals surface area contributed by atoms with E-state index in [9.17, 15) is 9.59 Å². The Morgan fingerprint density at radius 2 is 1.95 bits per heavy atom. The van der Waals surface area contributed by atoms with E-state index in [1.165, 1.54) is 10.6 Å². The van der Waals surface area contributed by atoms with Crippen molar-refractivity contribution in [3.05, 3.63) is 69.6 Å². The zero-order valence-corrected chi connectivity index (χ0v) is 11.7. The number of benzene rings is 1. The van der Waals surface area contributed by atoms with Crippen molar-refractivity contribution in [2.75, 3.05) is 0 Å². The van der Waals surface area contributed by atoms with Gasteiger partial charge in [0.1, 0.15) is 0 Å². The molecule has 4 nitrogen and oxygen atoms in total. The van der Waals surface area contributed by atoms with Crippen LogP contribution in [0.25, 0.3) is 0 Å². The van der Waals surface area contributed by atoms with Crippen LogP contribution in [0.3, 0.4) is 0 Å². The number of nitrogens with zero attached hydrogens (tertiary/aromatic N) is 1. The predicted octanol–water partition coefficient (Wildman–Crippen LogP) is 1.55. The van der Waals surface area contributed by atoms with Gasteiger partial charge in [-0.1, -0.05) is 30.3 Å². The molecule has 0 aliphatic rings. The van der Waals surface area contributed by atoms with E-state index in [-0.39, 0.29) is 11.5 Å². The number of hydrogen-bond acceptors (Lipinski definition) is 2. The molecule has 104 valence electrons. The molecule has 1 N–H and O–H groups in total. The average Bonchev–Trinajstić information content (AvgIpc) is 2.43. The highest BCUT2D eigenvalue weighted by Crippen LogP contribution is 2.07. The highest BCUT2D eigenvalue weighted by atomic mass is 16.1. The molecule has 4 heteroatoms. The van der Waals surface area contributed by atoms with Crippen molar-refractivity contribution in [2.45, 2.75) is 19.9 Å². The lowest BCUT2D eigenvalue weighted by Gasteiger charge is -2.08. The van der Waals surface area contributed by atoms with Crippen LogP contribution in [0, 0.1) is 6.92 Å². The van der Waals surface area contributed by atoms with Crippen molar-refractivity contribution < 1.29 is 4.79 Å². The van der Waals surface area contributed by atoms with Gasteiger partial charge in [-0.3, -0.25) is 9.59 Å². The second kappa shape index (κ2) is 6.19. The predicted molar refractivity (Wildman–Crippen MR) is 78.4 cm³/mol. The van der Waals surface area contributed by atoms with E-state index < -0.39 is 0 Å². The Hall–Kier alpha value is -2.36. The van der Waals surface area contributed by atoms with Crippen LogP contribution in [-0.2, 0) is 24.8 Å². The van der Waals surface area contributed by atoms with Crippen LogP contribution in [0.4, 0.5) is 0 Å². The summed E-state index contributed by atoms with van der Waals surface area (Å²) in [5, 5.41) is 2.87. The Morgan fingerprint density at radius 1 is 1.20 bits per heavy atom. The maximum absolute atomic E-state index is 11.9. The second-order valence-corrected chi connectivity index (χ2v) is 4.87. The maximum atomic E-state index is 11.9. The summed E-state index contributed by atoms with van der Waals surface area (Å²) < 4.78 is 1.50. The number of carbonyl (C=O) groups excluding carboxylic acids is 1. The zero-order chi connectivity index (χ0) is 14.5. The maximum Gasteiger partial charge on any atom is 0.250 e. The van der Waals surface area contributed by atoms with Gasteiger partial charge in [0.05, 0.1) is 6.42 Å². The first-order valence-electron chi connectivity index (χ1n) is 6.53. The normalized spacial score (nSPS) is 10.3. The van der Waals surface area contributed by atoms with Crippen LogP contribution in [-0.4, -0.2) is 10.5 Å². The van der Waals surface area contributed by atoms with Crippen LogP contribution in [0.15, 0.2) is 47.4 Å². The minimum atomic E-state index is -0.0556. The number of nitrogens with one attached hydrogen (secondary N) is 1. The molecule has 0 saturated carbocycles. The second-order valence-electron chi connectivity index (χ2n) is 4.87. The van der Waals surface area contributed by atoms with Gasteiger partial charge in [-0.25, -0.2) is 0 Å². The number of aromatic nitrogens is 1. The van der Waals surface area contributed by atoms with Gasteiger partial charge in [0, 0.05) is 25.9 Å². The molecule has 0 aliphatic carbocycles. The van der Waals surface area contributed by atoms with E-state index >= 15 is 0 Å². The molecule has 2 rings (SSSR count). The number of rotatable bonds is 4. The van der Waals surface area contributed by atoms with Gasteiger partial charge in [-0.2, -0.15) is 0 Å². The van der Waals surface area contributed by atoms with Gasteiger partial charge in [-0.15, -0.1) is 0 Å². The van der Waals surface area contributed by atoms with E-state index in [1.54, 1.807) is 19.3 Å². The van der Waals surface area contributed by atoms with E-state index in [1.807, 2.05) is 31.2 Å². The molecule has 0 fully saturated rings. The van der Waals surface area contributed by atoms with E-state index in [0.29, 0.717) is 13.0 Å². The third-order valence-electron chi connectivity index (χ3n) is 3.25. The number of pyridine rings is 1. The standard InChI is InChI=1S/C16H18N2O2/c1-12-5-3-4-6-14(12)9-15(19)17-10-13-7-8-16(20)18(2)11-13/h3-8,11H,9-10H2,1-2H3,(H,17,19). The Bertz CT molecular complexity index is 674. The van der Waals surface area contributed by atoms with Gasteiger partial charge < -0.3 is 9.88 Å². The fourth-order valence-electron chi connectivity index (χ4n) is 2.00. The van der Waals surface area contributed by atoms with Crippen molar-refractivity contribution in [3.63, 3.8) is 0 Å². The summed E-state index contributed by atoms with van der Waals surface area (Å²) in [5.74, 6) is -0.0202. The van der Waals surface area contributed by atoms with Gasteiger partial charge >= 0.3 is 0 Å². The molecule has 1 aromatic carbocycles. The van der Waals surface area contributed by atoms with E-state index in [2.05, 4.69) is 5.32 Å². The van der Waals surface area contributed by atoms with Crippen molar-refractivity contribution in [3.8, 4) is 0 Å². The Balaban J connectivity index is 1.94. The summed E-state index contributed by atoms with van der Waals surface area (Å²) in [6.07, 6.45) is 2.11. The quantitative estimate of drug-likeness (QED) is 0.916. The van der Waals surface area contributed by atoms with Crippen LogP contribution < -0.4 is 10.9 Å². The molecule has 0 saturated heterocycles. The summed E-state index contributed by atoms with van der Waals surface area (Å²) >= 11 is 0.